The van der Waals surface area contributed by atoms with Crippen LogP contribution in [0.1, 0.15) is 29.7 Å². The van der Waals surface area contributed by atoms with Crippen molar-refractivity contribution < 1.29 is 14.6 Å². The van der Waals surface area contributed by atoms with E-state index in [1.807, 2.05) is 11.4 Å². The fourth-order valence-electron chi connectivity index (χ4n) is 1.45. The van der Waals surface area contributed by atoms with E-state index >= 15 is 0 Å². The van der Waals surface area contributed by atoms with Crippen LogP contribution in [0.2, 0.25) is 0 Å². The topological polar surface area (TPSA) is 58.6 Å². The summed E-state index contributed by atoms with van der Waals surface area (Å²) in [6, 6.07) is 1.93. The molecule has 5 heteroatoms. The highest BCUT2D eigenvalue weighted by molar-refractivity contribution is 7.10. The van der Waals surface area contributed by atoms with Gasteiger partial charge in [-0.2, -0.15) is 0 Å². The Morgan fingerprint density at radius 1 is 1.58 bits per heavy atom. The van der Waals surface area contributed by atoms with Crippen molar-refractivity contribution in [1.29, 1.82) is 0 Å². The van der Waals surface area contributed by atoms with Gasteiger partial charge in [-0.25, -0.2) is 0 Å². The van der Waals surface area contributed by atoms with Crippen LogP contribution >= 0.6 is 11.3 Å². The number of amides is 1. The lowest BCUT2D eigenvalue weighted by atomic mass is 10.2. The number of hydrogen-bond acceptors (Lipinski definition) is 4. The molecule has 1 amide bonds. The first-order valence-electron chi connectivity index (χ1n) is 6.19. The molecule has 0 aliphatic rings. The minimum absolute atomic E-state index is 0.0275. The zero-order valence-electron chi connectivity index (χ0n) is 11.1. The molecule has 1 rings (SSSR count). The van der Waals surface area contributed by atoms with E-state index in [2.05, 4.69) is 17.2 Å². The van der Waals surface area contributed by atoms with Crippen LogP contribution in [-0.2, 0) is 16.1 Å². The van der Waals surface area contributed by atoms with Gasteiger partial charge in [-0.15, -0.1) is 11.3 Å². The highest BCUT2D eigenvalue weighted by Gasteiger charge is 2.05. The minimum Gasteiger partial charge on any atom is -0.395 e. The van der Waals surface area contributed by atoms with Crippen molar-refractivity contribution >= 4 is 17.2 Å². The number of hydrogen-bond donors (Lipinski definition) is 2. The third kappa shape index (κ3) is 6.39. The summed E-state index contributed by atoms with van der Waals surface area (Å²) in [5, 5.41) is 13.5. The second kappa shape index (κ2) is 9.56. The van der Waals surface area contributed by atoms with Gasteiger partial charge in [-0.05, 0) is 17.9 Å². The zero-order chi connectivity index (χ0) is 13.9. The standard InChI is InChI=1S/C14H19NO3S/c1-18-9-4-6-14(17)15-11-13-12(7-10-19-13)5-2-3-8-16/h7,10,16H,3-4,6,8-9,11H2,1H3,(H,15,17). The first-order chi connectivity index (χ1) is 9.27. The molecule has 0 saturated carbocycles. The maximum absolute atomic E-state index is 11.6. The van der Waals surface area contributed by atoms with Crippen LogP contribution in [0, 0.1) is 11.8 Å². The third-order valence-electron chi connectivity index (χ3n) is 2.40. The number of aliphatic hydroxyl groups is 1. The number of nitrogens with one attached hydrogen (secondary N) is 1. The van der Waals surface area contributed by atoms with Crippen molar-refractivity contribution in [1.82, 2.24) is 5.32 Å². The van der Waals surface area contributed by atoms with E-state index in [9.17, 15) is 4.79 Å². The van der Waals surface area contributed by atoms with Crippen molar-refractivity contribution in [2.45, 2.75) is 25.8 Å². The Balaban J connectivity index is 2.39. The molecule has 0 atom stereocenters. The van der Waals surface area contributed by atoms with Gasteiger partial charge in [0.2, 0.25) is 5.91 Å². The molecule has 1 aromatic heterocycles. The molecule has 0 saturated heterocycles. The number of thiophene rings is 1. The number of ether oxygens (including phenoxy) is 1. The second-order valence-corrected chi connectivity index (χ2v) is 4.91. The second-order valence-electron chi connectivity index (χ2n) is 3.91. The normalized spacial score (nSPS) is 9.79. The van der Waals surface area contributed by atoms with Gasteiger partial charge in [0.25, 0.3) is 0 Å². The van der Waals surface area contributed by atoms with Crippen molar-refractivity contribution in [3.63, 3.8) is 0 Å². The van der Waals surface area contributed by atoms with Crippen LogP contribution in [0.15, 0.2) is 11.4 Å². The van der Waals surface area contributed by atoms with Crippen LogP contribution < -0.4 is 5.32 Å². The molecule has 1 heterocycles. The molecule has 0 radical (unpaired) electrons. The molecule has 0 aliphatic carbocycles. The van der Waals surface area contributed by atoms with Crippen molar-refractivity contribution in [2.75, 3.05) is 20.3 Å². The van der Waals surface area contributed by atoms with Crippen LogP contribution in [0.25, 0.3) is 0 Å². The SMILES string of the molecule is COCCCC(=O)NCc1sccc1C#CCCO. The van der Waals surface area contributed by atoms with Crippen LogP contribution in [0.5, 0.6) is 0 Å². The fraction of sp³-hybridized carbons (Fsp3) is 0.500. The number of carbonyl (C=O) groups is 1. The molecule has 0 fully saturated rings. The number of carbonyl (C=O) groups excluding carboxylic acids is 1. The van der Waals surface area contributed by atoms with Gasteiger partial charge in [0.1, 0.15) is 0 Å². The van der Waals surface area contributed by atoms with E-state index in [1.54, 1.807) is 18.4 Å². The maximum Gasteiger partial charge on any atom is 0.220 e. The molecule has 1 aromatic rings. The van der Waals surface area contributed by atoms with Crippen LogP contribution in [0.3, 0.4) is 0 Å². The van der Waals surface area contributed by atoms with E-state index in [0.717, 1.165) is 16.9 Å². The monoisotopic (exact) mass is 281 g/mol. The van der Waals surface area contributed by atoms with Gasteiger partial charge in [0.15, 0.2) is 0 Å². The van der Waals surface area contributed by atoms with E-state index in [4.69, 9.17) is 9.84 Å². The predicted molar refractivity (Wildman–Crippen MR) is 75.9 cm³/mol. The molecule has 2 N–H and O–H groups in total. The Kier molecular flexibility index (Phi) is 7.91. The number of aliphatic hydroxyl groups excluding tert-OH is 1. The summed E-state index contributed by atoms with van der Waals surface area (Å²) >= 11 is 1.57. The molecule has 0 aromatic carbocycles. The molecule has 0 aliphatic heterocycles. The summed E-state index contributed by atoms with van der Waals surface area (Å²) in [5.41, 5.74) is 0.927. The smallest absolute Gasteiger partial charge is 0.220 e. The summed E-state index contributed by atoms with van der Waals surface area (Å²) in [4.78, 5) is 12.6. The highest BCUT2D eigenvalue weighted by Crippen LogP contribution is 2.15. The first kappa shape index (κ1) is 15.7. The molecule has 0 bridgehead atoms. The van der Waals surface area contributed by atoms with E-state index in [-0.39, 0.29) is 12.5 Å². The lowest BCUT2D eigenvalue weighted by Gasteiger charge is -2.04. The Hall–Kier alpha value is -1.35. The maximum atomic E-state index is 11.6. The summed E-state index contributed by atoms with van der Waals surface area (Å²) in [7, 11) is 1.63. The number of methoxy groups -OCH3 is 1. The Bertz CT molecular complexity index is 445. The Labute approximate surface area is 117 Å². The highest BCUT2D eigenvalue weighted by atomic mass is 32.1. The van der Waals surface area contributed by atoms with E-state index in [1.165, 1.54) is 0 Å². The Morgan fingerprint density at radius 3 is 3.16 bits per heavy atom. The lowest BCUT2D eigenvalue weighted by molar-refractivity contribution is -0.121. The molecule has 19 heavy (non-hydrogen) atoms. The van der Waals surface area contributed by atoms with Crippen molar-refractivity contribution in [3.05, 3.63) is 21.9 Å². The van der Waals surface area contributed by atoms with E-state index in [0.29, 0.717) is 26.0 Å². The summed E-state index contributed by atoms with van der Waals surface area (Å²) in [5.74, 6) is 5.91. The molecule has 104 valence electrons. The number of rotatable bonds is 7. The third-order valence-corrected chi connectivity index (χ3v) is 3.32. The van der Waals surface area contributed by atoms with Gasteiger partial charge in [0, 0.05) is 37.0 Å². The average Bonchev–Trinajstić information content (AvgIpc) is 2.85. The lowest BCUT2D eigenvalue weighted by Crippen LogP contribution is -2.22. The quantitative estimate of drug-likeness (QED) is 0.588. The molecule has 0 unspecified atom stereocenters. The van der Waals surface area contributed by atoms with E-state index < -0.39 is 0 Å². The summed E-state index contributed by atoms with van der Waals surface area (Å²) in [6.45, 7) is 1.18. The zero-order valence-corrected chi connectivity index (χ0v) is 11.9. The predicted octanol–water partition coefficient (Wildman–Crippen LogP) is 1.52. The molecule has 0 spiro atoms. The molecule has 4 nitrogen and oxygen atoms in total. The van der Waals surface area contributed by atoms with Crippen molar-refractivity contribution in [3.8, 4) is 11.8 Å². The molecular weight excluding hydrogens is 262 g/mol. The van der Waals surface area contributed by atoms with Gasteiger partial charge in [-0.3, -0.25) is 4.79 Å². The fourth-order valence-corrected chi connectivity index (χ4v) is 2.22. The largest absolute Gasteiger partial charge is 0.395 e. The minimum atomic E-state index is 0.0275. The Morgan fingerprint density at radius 2 is 2.42 bits per heavy atom. The van der Waals surface area contributed by atoms with Crippen LogP contribution in [0.4, 0.5) is 0 Å². The van der Waals surface area contributed by atoms with Gasteiger partial charge in [0.05, 0.1) is 13.2 Å². The molecular formula is C14H19NO3S. The van der Waals surface area contributed by atoms with Gasteiger partial charge < -0.3 is 15.2 Å². The average molecular weight is 281 g/mol. The van der Waals surface area contributed by atoms with Gasteiger partial charge >= 0.3 is 0 Å². The first-order valence-corrected chi connectivity index (χ1v) is 7.07. The van der Waals surface area contributed by atoms with Crippen molar-refractivity contribution in [2.24, 2.45) is 0 Å². The van der Waals surface area contributed by atoms with Crippen LogP contribution in [-0.4, -0.2) is 31.3 Å². The summed E-state index contributed by atoms with van der Waals surface area (Å²) < 4.78 is 4.90. The van der Waals surface area contributed by atoms with Gasteiger partial charge in [-0.1, -0.05) is 11.8 Å². The summed E-state index contributed by atoms with van der Waals surface area (Å²) in [6.07, 6.45) is 1.68.